The van der Waals surface area contributed by atoms with Crippen LogP contribution in [0.4, 0.5) is 0 Å². The van der Waals surface area contributed by atoms with Crippen molar-refractivity contribution in [3.05, 3.63) is 29.2 Å². The molecule has 1 aromatic heterocycles. The lowest BCUT2D eigenvalue weighted by molar-refractivity contribution is 0.514. The highest BCUT2D eigenvalue weighted by atomic mass is 16.3. The van der Waals surface area contributed by atoms with E-state index in [2.05, 4.69) is 19.9 Å². The summed E-state index contributed by atoms with van der Waals surface area (Å²) >= 11 is 0. The van der Waals surface area contributed by atoms with E-state index in [0.29, 0.717) is 0 Å². The molecule has 0 atom stereocenters. The maximum atomic E-state index is 5.35. The van der Waals surface area contributed by atoms with E-state index < -0.39 is 0 Å². The molecule has 1 rings (SSSR count). The van der Waals surface area contributed by atoms with Crippen molar-refractivity contribution >= 4 is 6.08 Å². The van der Waals surface area contributed by atoms with Gasteiger partial charge in [-0.1, -0.05) is 19.1 Å². The molecule has 1 aromatic rings. The van der Waals surface area contributed by atoms with Gasteiger partial charge in [-0.05, 0) is 19.4 Å². The highest BCUT2D eigenvalue weighted by molar-refractivity contribution is 5.54. The first kappa shape index (κ1) is 8.12. The van der Waals surface area contributed by atoms with Crippen LogP contribution in [0.3, 0.4) is 0 Å². The quantitative estimate of drug-likeness (QED) is 0.631. The molecule has 0 bridgehead atoms. The van der Waals surface area contributed by atoms with Gasteiger partial charge >= 0.3 is 0 Å². The average molecular weight is 150 g/mol. The Kier molecular flexibility index (Phi) is 2.53. The molecular weight excluding hydrogens is 136 g/mol. The van der Waals surface area contributed by atoms with Gasteiger partial charge in [0.2, 0.25) is 0 Å². The highest BCUT2D eigenvalue weighted by Crippen LogP contribution is 2.18. The first-order valence-corrected chi connectivity index (χ1v) is 3.99. The standard InChI is InChI=1S/C10H14O/c1-4-6-9-8(3)7-11-10(9)5-2/h4,6-7H,5H2,1-3H3/b6-4-. The highest BCUT2D eigenvalue weighted by Gasteiger charge is 2.04. The molecule has 0 unspecified atom stereocenters. The molecule has 0 N–H and O–H groups in total. The predicted octanol–water partition coefficient (Wildman–Crippen LogP) is 3.18. The lowest BCUT2D eigenvalue weighted by atomic mass is 10.1. The predicted molar refractivity (Wildman–Crippen MR) is 47.5 cm³/mol. The first-order valence-electron chi connectivity index (χ1n) is 3.99. The Labute approximate surface area is 67.7 Å². The molecule has 0 aliphatic heterocycles. The van der Waals surface area contributed by atoms with E-state index >= 15 is 0 Å². The van der Waals surface area contributed by atoms with Gasteiger partial charge in [0.1, 0.15) is 5.76 Å². The Morgan fingerprint density at radius 1 is 1.55 bits per heavy atom. The summed E-state index contributed by atoms with van der Waals surface area (Å²) in [5.41, 5.74) is 2.47. The summed E-state index contributed by atoms with van der Waals surface area (Å²) in [6.07, 6.45) is 6.91. The summed E-state index contributed by atoms with van der Waals surface area (Å²) in [5.74, 6) is 1.08. The Hall–Kier alpha value is -0.980. The van der Waals surface area contributed by atoms with Crippen LogP contribution in [0.25, 0.3) is 6.08 Å². The van der Waals surface area contributed by atoms with Crippen molar-refractivity contribution in [2.45, 2.75) is 27.2 Å². The zero-order chi connectivity index (χ0) is 8.27. The van der Waals surface area contributed by atoms with E-state index in [9.17, 15) is 0 Å². The Balaban J connectivity index is 3.07. The van der Waals surface area contributed by atoms with Crippen LogP contribution in [0.1, 0.15) is 30.7 Å². The zero-order valence-corrected chi connectivity index (χ0v) is 7.35. The largest absolute Gasteiger partial charge is 0.468 e. The second-order valence-electron chi connectivity index (χ2n) is 2.61. The molecule has 0 aromatic carbocycles. The number of hydrogen-bond acceptors (Lipinski definition) is 1. The van der Waals surface area contributed by atoms with Crippen LogP contribution >= 0.6 is 0 Å². The van der Waals surface area contributed by atoms with Gasteiger partial charge in [-0.3, -0.25) is 0 Å². The molecular formula is C10H14O. The van der Waals surface area contributed by atoms with Crippen molar-refractivity contribution in [1.29, 1.82) is 0 Å². The molecule has 60 valence electrons. The maximum Gasteiger partial charge on any atom is 0.110 e. The summed E-state index contributed by atoms with van der Waals surface area (Å²) < 4.78 is 5.35. The Bertz CT molecular complexity index is 256. The van der Waals surface area contributed by atoms with Crippen molar-refractivity contribution in [3.8, 4) is 0 Å². The molecule has 0 saturated heterocycles. The normalized spacial score (nSPS) is 11.2. The number of furan rings is 1. The summed E-state index contributed by atoms with van der Waals surface area (Å²) in [6.45, 7) is 6.19. The van der Waals surface area contributed by atoms with Gasteiger partial charge in [0, 0.05) is 12.0 Å². The molecule has 0 aliphatic carbocycles. The molecule has 1 heterocycles. The Morgan fingerprint density at radius 3 is 2.82 bits per heavy atom. The molecule has 0 aliphatic rings. The van der Waals surface area contributed by atoms with Gasteiger partial charge < -0.3 is 4.42 Å². The maximum absolute atomic E-state index is 5.35. The second-order valence-corrected chi connectivity index (χ2v) is 2.61. The fourth-order valence-electron chi connectivity index (χ4n) is 1.17. The van der Waals surface area contributed by atoms with Crippen molar-refractivity contribution < 1.29 is 4.42 Å². The minimum atomic E-state index is 0.966. The SMILES string of the molecule is C/C=C\c1c(C)coc1CC. The van der Waals surface area contributed by atoms with Gasteiger partial charge in [0.15, 0.2) is 0 Å². The molecule has 0 saturated carbocycles. The fraction of sp³-hybridized carbons (Fsp3) is 0.400. The van der Waals surface area contributed by atoms with Crippen LogP contribution < -0.4 is 0 Å². The van der Waals surface area contributed by atoms with Crippen LogP contribution in [0.15, 0.2) is 16.8 Å². The lowest BCUT2D eigenvalue weighted by Gasteiger charge is -1.92. The first-order chi connectivity index (χ1) is 5.29. The molecule has 1 heteroatoms. The van der Waals surface area contributed by atoms with Crippen LogP contribution in [0.2, 0.25) is 0 Å². The molecule has 0 spiro atoms. The summed E-state index contributed by atoms with van der Waals surface area (Å²) in [4.78, 5) is 0. The van der Waals surface area contributed by atoms with Crippen LogP contribution in [0.5, 0.6) is 0 Å². The van der Waals surface area contributed by atoms with Crippen molar-refractivity contribution in [1.82, 2.24) is 0 Å². The van der Waals surface area contributed by atoms with Gasteiger partial charge in [0.25, 0.3) is 0 Å². The topological polar surface area (TPSA) is 13.1 Å². The second kappa shape index (κ2) is 3.42. The summed E-state index contributed by atoms with van der Waals surface area (Å²) in [5, 5.41) is 0. The third-order valence-electron chi connectivity index (χ3n) is 1.76. The lowest BCUT2D eigenvalue weighted by Crippen LogP contribution is -1.80. The zero-order valence-electron chi connectivity index (χ0n) is 7.35. The number of rotatable bonds is 2. The van der Waals surface area contributed by atoms with Gasteiger partial charge in [0.05, 0.1) is 6.26 Å². The molecule has 0 radical (unpaired) electrons. The average Bonchev–Trinajstić information content (AvgIpc) is 2.34. The van der Waals surface area contributed by atoms with Gasteiger partial charge in [-0.2, -0.15) is 0 Å². The smallest absolute Gasteiger partial charge is 0.110 e. The van der Waals surface area contributed by atoms with E-state index in [-0.39, 0.29) is 0 Å². The van der Waals surface area contributed by atoms with Crippen molar-refractivity contribution in [2.24, 2.45) is 0 Å². The minimum absolute atomic E-state index is 0.966. The number of hydrogen-bond donors (Lipinski definition) is 0. The fourth-order valence-corrected chi connectivity index (χ4v) is 1.17. The van der Waals surface area contributed by atoms with E-state index in [4.69, 9.17) is 4.42 Å². The molecule has 0 fully saturated rings. The van der Waals surface area contributed by atoms with Gasteiger partial charge in [-0.15, -0.1) is 0 Å². The molecule has 11 heavy (non-hydrogen) atoms. The van der Waals surface area contributed by atoms with Crippen LogP contribution in [0, 0.1) is 6.92 Å². The summed E-state index contributed by atoms with van der Waals surface area (Å²) in [7, 11) is 0. The third-order valence-corrected chi connectivity index (χ3v) is 1.76. The summed E-state index contributed by atoms with van der Waals surface area (Å²) in [6, 6.07) is 0. The van der Waals surface area contributed by atoms with E-state index in [1.807, 2.05) is 19.3 Å². The minimum Gasteiger partial charge on any atom is -0.468 e. The number of allylic oxidation sites excluding steroid dienone is 1. The van der Waals surface area contributed by atoms with Crippen LogP contribution in [-0.4, -0.2) is 0 Å². The third kappa shape index (κ3) is 1.53. The van der Waals surface area contributed by atoms with E-state index in [1.165, 1.54) is 11.1 Å². The monoisotopic (exact) mass is 150 g/mol. The van der Waals surface area contributed by atoms with E-state index in [0.717, 1.165) is 12.2 Å². The van der Waals surface area contributed by atoms with Crippen molar-refractivity contribution in [3.63, 3.8) is 0 Å². The van der Waals surface area contributed by atoms with Gasteiger partial charge in [-0.25, -0.2) is 0 Å². The molecule has 1 nitrogen and oxygen atoms in total. The Morgan fingerprint density at radius 2 is 2.27 bits per heavy atom. The van der Waals surface area contributed by atoms with Crippen LogP contribution in [-0.2, 0) is 6.42 Å². The number of aryl methyl sites for hydroxylation is 2. The van der Waals surface area contributed by atoms with E-state index in [1.54, 1.807) is 0 Å². The molecule has 0 amide bonds. The van der Waals surface area contributed by atoms with Crippen molar-refractivity contribution in [2.75, 3.05) is 0 Å².